The highest BCUT2D eigenvalue weighted by atomic mass is 16.5. The first-order chi connectivity index (χ1) is 8.17. The first-order valence-electron chi connectivity index (χ1n) is 5.31. The van der Waals surface area contributed by atoms with E-state index >= 15 is 0 Å². The van der Waals surface area contributed by atoms with Gasteiger partial charge < -0.3 is 4.74 Å². The van der Waals surface area contributed by atoms with Crippen LogP contribution in [0.1, 0.15) is 21.5 Å². The molecule has 0 aliphatic carbocycles. The number of methoxy groups -OCH3 is 1. The molecule has 0 radical (unpaired) electrons. The molecule has 1 aromatic carbocycles. The summed E-state index contributed by atoms with van der Waals surface area (Å²) in [6.45, 7) is 3.96. The zero-order valence-corrected chi connectivity index (χ0v) is 10.1. The number of aldehydes is 1. The fourth-order valence-corrected chi connectivity index (χ4v) is 2.03. The van der Waals surface area contributed by atoms with E-state index in [4.69, 9.17) is 4.74 Å². The molecule has 1 aromatic heterocycles. The molecule has 0 amide bonds. The van der Waals surface area contributed by atoms with Crippen LogP contribution in [0.2, 0.25) is 0 Å². The Morgan fingerprint density at radius 3 is 2.47 bits per heavy atom. The van der Waals surface area contributed by atoms with Crippen LogP contribution in [0.25, 0.3) is 11.3 Å². The normalized spacial score (nSPS) is 10.3. The number of rotatable bonds is 3. The van der Waals surface area contributed by atoms with Crippen molar-refractivity contribution in [2.75, 3.05) is 7.11 Å². The van der Waals surface area contributed by atoms with E-state index in [0.29, 0.717) is 5.56 Å². The van der Waals surface area contributed by atoms with Crippen LogP contribution in [0.15, 0.2) is 18.3 Å². The van der Waals surface area contributed by atoms with E-state index in [1.807, 2.05) is 26.0 Å². The summed E-state index contributed by atoms with van der Waals surface area (Å²) in [5, 5.41) is 6.73. The smallest absolute Gasteiger partial charge is 0.153 e. The van der Waals surface area contributed by atoms with Gasteiger partial charge >= 0.3 is 0 Å². The highest BCUT2D eigenvalue weighted by Gasteiger charge is 2.11. The van der Waals surface area contributed by atoms with Gasteiger partial charge in [-0.2, -0.15) is 5.10 Å². The topological polar surface area (TPSA) is 55.0 Å². The van der Waals surface area contributed by atoms with Crippen molar-refractivity contribution >= 4 is 6.29 Å². The molecule has 0 saturated heterocycles. The van der Waals surface area contributed by atoms with E-state index in [1.54, 1.807) is 7.11 Å². The first-order valence-corrected chi connectivity index (χ1v) is 5.31. The van der Waals surface area contributed by atoms with Crippen molar-refractivity contribution in [2.45, 2.75) is 13.8 Å². The molecule has 4 nitrogen and oxygen atoms in total. The standard InChI is InChI=1S/C13H14N2O2/c1-8-4-10(5-9(2)13(8)17-3)12-11(7-16)6-14-15-12/h4-7H,1-3H3,(H,14,15). The van der Waals surface area contributed by atoms with E-state index in [-0.39, 0.29) is 0 Å². The lowest BCUT2D eigenvalue weighted by molar-refractivity contribution is 0.112. The van der Waals surface area contributed by atoms with Crippen LogP contribution >= 0.6 is 0 Å². The molecular formula is C13H14N2O2. The highest BCUT2D eigenvalue weighted by Crippen LogP contribution is 2.29. The number of aromatic amines is 1. The van der Waals surface area contributed by atoms with Gasteiger partial charge in [0, 0.05) is 5.56 Å². The lowest BCUT2D eigenvalue weighted by Crippen LogP contribution is -1.93. The van der Waals surface area contributed by atoms with E-state index in [2.05, 4.69) is 10.2 Å². The third-order valence-corrected chi connectivity index (χ3v) is 2.75. The van der Waals surface area contributed by atoms with Gasteiger partial charge in [0.2, 0.25) is 0 Å². The minimum Gasteiger partial charge on any atom is -0.496 e. The Labute approximate surface area is 99.6 Å². The fraction of sp³-hybridized carbons (Fsp3) is 0.231. The lowest BCUT2D eigenvalue weighted by Gasteiger charge is -2.10. The average molecular weight is 230 g/mol. The maximum Gasteiger partial charge on any atom is 0.153 e. The molecule has 0 fully saturated rings. The Bertz CT molecular complexity index is 535. The predicted molar refractivity (Wildman–Crippen MR) is 65.4 cm³/mol. The van der Waals surface area contributed by atoms with Crippen LogP contribution in [0.4, 0.5) is 0 Å². The average Bonchev–Trinajstić information content (AvgIpc) is 2.76. The van der Waals surface area contributed by atoms with Gasteiger partial charge in [-0.3, -0.25) is 9.89 Å². The molecule has 88 valence electrons. The maximum atomic E-state index is 10.9. The molecule has 1 heterocycles. The van der Waals surface area contributed by atoms with Crippen LogP contribution in [0, 0.1) is 13.8 Å². The molecule has 0 aliphatic rings. The van der Waals surface area contributed by atoms with Crippen LogP contribution < -0.4 is 4.74 Å². The van der Waals surface area contributed by atoms with E-state index in [0.717, 1.165) is 34.4 Å². The SMILES string of the molecule is COc1c(C)cc(-c2[nH]ncc2C=O)cc1C. The van der Waals surface area contributed by atoms with Crippen molar-refractivity contribution in [2.24, 2.45) is 0 Å². The molecule has 0 atom stereocenters. The summed E-state index contributed by atoms with van der Waals surface area (Å²) in [5.41, 5.74) is 4.33. The van der Waals surface area contributed by atoms with E-state index in [9.17, 15) is 4.79 Å². The van der Waals surface area contributed by atoms with E-state index in [1.165, 1.54) is 6.20 Å². The van der Waals surface area contributed by atoms with Crippen molar-refractivity contribution in [3.8, 4) is 17.0 Å². The molecule has 0 spiro atoms. The zero-order valence-electron chi connectivity index (χ0n) is 10.1. The second-order valence-corrected chi connectivity index (χ2v) is 3.96. The van der Waals surface area contributed by atoms with Gasteiger partial charge in [-0.25, -0.2) is 0 Å². The summed E-state index contributed by atoms with van der Waals surface area (Å²) in [6, 6.07) is 3.96. The van der Waals surface area contributed by atoms with Crippen molar-refractivity contribution in [3.05, 3.63) is 35.0 Å². The molecular weight excluding hydrogens is 216 g/mol. The summed E-state index contributed by atoms with van der Waals surface area (Å²) >= 11 is 0. The number of hydrogen-bond donors (Lipinski definition) is 1. The molecule has 17 heavy (non-hydrogen) atoms. The van der Waals surface area contributed by atoms with Crippen molar-refractivity contribution in [3.63, 3.8) is 0 Å². The summed E-state index contributed by atoms with van der Waals surface area (Å²) < 4.78 is 5.31. The van der Waals surface area contributed by atoms with Gasteiger partial charge in [0.05, 0.1) is 24.6 Å². The molecule has 2 aromatic rings. The van der Waals surface area contributed by atoms with Gasteiger partial charge in [0.25, 0.3) is 0 Å². The van der Waals surface area contributed by atoms with Gasteiger partial charge in [-0.05, 0) is 37.1 Å². The Morgan fingerprint density at radius 2 is 1.94 bits per heavy atom. The Balaban J connectivity index is 2.58. The van der Waals surface area contributed by atoms with Gasteiger partial charge in [-0.15, -0.1) is 0 Å². The Hall–Kier alpha value is -2.10. The first kappa shape index (κ1) is 11.4. The molecule has 0 aliphatic heterocycles. The highest BCUT2D eigenvalue weighted by molar-refractivity contribution is 5.85. The molecule has 0 unspecified atom stereocenters. The zero-order chi connectivity index (χ0) is 12.4. The molecule has 0 saturated carbocycles. The predicted octanol–water partition coefficient (Wildman–Crippen LogP) is 2.51. The van der Waals surface area contributed by atoms with Crippen molar-refractivity contribution in [1.82, 2.24) is 10.2 Å². The summed E-state index contributed by atoms with van der Waals surface area (Å²) in [5.74, 6) is 0.876. The molecule has 2 rings (SSSR count). The van der Waals surface area contributed by atoms with Crippen LogP contribution in [0.5, 0.6) is 5.75 Å². The molecule has 1 N–H and O–H groups in total. The van der Waals surface area contributed by atoms with Crippen LogP contribution in [0.3, 0.4) is 0 Å². The molecule has 4 heteroatoms. The van der Waals surface area contributed by atoms with Crippen molar-refractivity contribution in [1.29, 1.82) is 0 Å². The quantitative estimate of drug-likeness (QED) is 0.824. The number of aryl methyl sites for hydroxylation is 2. The second kappa shape index (κ2) is 4.41. The van der Waals surface area contributed by atoms with E-state index < -0.39 is 0 Å². The number of aromatic nitrogens is 2. The Morgan fingerprint density at radius 1 is 1.29 bits per heavy atom. The second-order valence-electron chi connectivity index (χ2n) is 3.96. The minimum absolute atomic E-state index is 0.564. The number of ether oxygens (including phenoxy) is 1. The number of nitrogens with zero attached hydrogens (tertiary/aromatic N) is 1. The summed E-state index contributed by atoms with van der Waals surface area (Å²) in [4.78, 5) is 10.9. The molecule has 0 bridgehead atoms. The largest absolute Gasteiger partial charge is 0.496 e. The van der Waals surface area contributed by atoms with Crippen LogP contribution in [-0.2, 0) is 0 Å². The third-order valence-electron chi connectivity index (χ3n) is 2.75. The van der Waals surface area contributed by atoms with Gasteiger partial charge in [-0.1, -0.05) is 0 Å². The number of nitrogens with one attached hydrogen (secondary N) is 1. The number of benzene rings is 1. The van der Waals surface area contributed by atoms with Gasteiger partial charge in [0.1, 0.15) is 5.75 Å². The number of carbonyl (C=O) groups is 1. The van der Waals surface area contributed by atoms with Crippen LogP contribution in [-0.4, -0.2) is 23.6 Å². The number of carbonyl (C=O) groups excluding carboxylic acids is 1. The summed E-state index contributed by atoms with van der Waals surface area (Å²) in [6.07, 6.45) is 2.32. The lowest BCUT2D eigenvalue weighted by atomic mass is 10.0. The Kier molecular flexibility index (Phi) is 2.95. The third kappa shape index (κ3) is 1.93. The monoisotopic (exact) mass is 230 g/mol. The fourth-order valence-electron chi connectivity index (χ4n) is 2.03. The number of hydrogen-bond acceptors (Lipinski definition) is 3. The number of H-pyrrole nitrogens is 1. The van der Waals surface area contributed by atoms with Crippen molar-refractivity contribution < 1.29 is 9.53 Å². The van der Waals surface area contributed by atoms with Gasteiger partial charge in [0.15, 0.2) is 6.29 Å². The maximum absolute atomic E-state index is 10.9. The summed E-state index contributed by atoms with van der Waals surface area (Å²) in [7, 11) is 1.65. The minimum atomic E-state index is 0.564.